The van der Waals surface area contributed by atoms with E-state index in [1.54, 1.807) is 7.11 Å². The number of methoxy groups -OCH3 is 1. The van der Waals surface area contributed by atoms with Gasteiger partial charge in [0.2, 0.25) is 0 Å². The molecule has 0 saturated heterocycles. The quantitative estimate of drug-likeness (QED) is 0.467. The van der Waals surface area contributed by atoms with Crippen LogP contribution < -0.4 is 5.32 Å². The van der Waals surface area contributed by atoms with E-state index in [1.165, 1.54) is 0 Å². The van der Waals surface area contributed by atoms with Gasteiger partial charge in [-0.2, -0.15) is 0 Å². The molecule has 1 atom stereocenters. The molecule has 1 unspecified atom stereocenters. The Morgan fingerprint density at radius 2 is 2.27 bits per heavy atom. The van der Waals surface area contributed by atoms with Gasteiger partial charge in [0, 0.05) is 13.7 Å². The zero-order valence-electron chi connectivity index (χ0n) is 7.81. The molecule has 2 heteroatoms. The van der Waals surface area contributed by atoms with Crippen LogP contribution in [0.15, 0.2) is 12.7 Å². The van der Waals surface area contributed by atoms with Crippen molar-refractivity contribution < 1.29 is 4.74 Å². The Kier molecular flexibility index (Phi) is 5.16. The summed E-state index contributed by atoms with van der Waals surface area (Å²) < 4.78 is 5.25. The van der Waals surface area contributed by atoms with Crippen molar-refractivity contribution in [3.63, 3.8) is 0 Å². The van der Waals surface area contributed by atoms with Crippen molar-refractivity contribution in [2.45, 2.75) is 25.9 Å². The molecule has 0 bridgehead atoms. The predicted octanol–water partition coefficient (Wildman–Crippen LogP) is 1.58. The third kappa shape index (κ3) is 4.17. The number of nitrogens with one attached hydrogen (secondary N) is 1. The maximum absolute atomic E-state index is 5.25. The maximum atomic E-state index is 5.25. The Hall–Kier alpha value is -0.340. The lowest BCUT2D eigenvalue weighted by Crippen LogP contribution is -2.37. The number of ether oxygens (including phenoxy) is 1. The summed E-state index contributed by atoms with van der Waals surface area (Å²) in [5.74, 6) is 0. The molecule has 66 valence electrons. The van der Waals surface area contributed by atoms with Crippen LogP contribution in [-0.4, -0.2) is 25.8 Å². The molecule has 2 nitrogen and oxygen atoms in total. The van der Waals surface area contributed by atoms with E-state index in [0.29, 0.717) is 0 Å². The van der Waals surface area contributed by atoms with Crippen LogP contribution in [0.4, 0.5) is 0 Å². The van der Waals surface area contributed by atoms with Crippen LogP contribution in [0.5, 0.6) is 0 Å². The molecule has 0 aliphatic heterocycles. The van der Waals surface area contributed by atoms with E-state index in [9.17, 15) is 0 Å². The highest BCUT2D eigenvalue weighted by Crippen LogP contribution is 2.07. The van der Waals surface area contributed by atoms with Gasteiger partial charge in [-0.05, 0) is 19.9 Å². The number of hydrogen-bond donors (Lipinski definition) is 1. The van der Waals surface area contributed by atoms with Gasteiger partial charge in [-0.15, -0.1) is 6.58 Å². The Balaban J connectivity index is 3.60. The fourth-order valence-electron chi connectivity index (χ4n) is 0.741. The van der Waals surface area contributed by atoms with Crippen LogP contribution in [0.25, 0.3) is 0 Å². The smallest absolute Gasteiger partial charge is 0.0951 e. The molecule has 0 radical (unpaired) electrons. The van der Waals surface area contributed by atoms with Crippen molar-refractivity contribution in [2.75, 3.05) is 20.2 Å². The highest BCUT2D eigenvalue weighted by molar-refractivity contribution is 4.94. The fraction of sp³-hybridized carbons (Fsp3) is 0.778. The topological polar surface area (TPSA) is 21.3 Å². The zero-order chi connectivity index (χ0) is 8.74. The lowest BCUT2D eigenvalue weighted by atomic mass is 10.1. The highest BCUT2D eigenvalue weighted by Gasteiger charge is 2.17. The van der Waals surface area contributed by atoms with E-state index >= 15 is 0 Å². The van der Waals surface area contributed by atoms with E-state index in [4.69, 9.17) is 4.74 Å². The van der Waals surface area contributed by atoms with Crippen LogP contribution in [0.1, 0.15) is 20.3 Å². The third-order valence-electron chi connectivity index (χ3n) is 1.80. The molecule has 0 fully saturated rings. The summed E-state index contributed by atoms with van der Waals surface area (Å²) in [6.07, 6.45) is 2.98. The first kappa shape index (κ1) is 10.7. The molecule has 0 aliphatic rings. The summed E-state index contributed by atoms with van der Waals surface area (Å²) in [5.41, 5.74) is -0.213. The second kappa shape index (κ2) is 5.33. The summed E-state index contributed by atoms with van der Waals surface area (Å²) >= 11 is 0. The fourth-order valence-corrected chi connectivity index (χ4v) is 0.741. The molecule has 0 aromatic carbocycles. The molecule has 0 saturated carbocycles. The largest absolute Gasteiger partial charge is 0.373 e. The molecule has 0 spiro atoms. The molecule has 11 heavy (non-hydrogen) atoms. The van der Waals surface area contributed by atoms with Gasteiger partial charge in [0.25, 0.3) is 0 Å². The first-order valence-corrected chi connectivity index (χ1v) is 4.08. The van der Waals surface area contributed by atoms with Gasteiger partial charge in [0.15, 0.2) is 0 Å². The van der Waals surface area contributed by atoms with Gasteiger partial charge in [-0.1, -0.05) is 13.0 Å². The second-order valence-electron chi connectivity index (χ2n) is 2.90. The Morgan fingerprint density at radius 3 is 2.64 bits per heavy atom. The Morgan fingerprint density at radius 1 is 1.64 bits per heavy atom. The van der Waals surface area contributed by atoms with Crippen molar-refractivity contribution >= 4 is 0 Å². The first-order chi connectivity index (χ1) is 5.18. The SMILES string of the molecule is C=CC(C)(CNCCC)OC. The number of rotatable bonds is 6. The van der Waals surface area contributed by atoms with E-state index in [-0.39, 0.29) is 5.60 Å². The lowest BCUT2D eigenvalue weighted by Gasteiger charge is -2.24. The van der Waals surface area contributed by atoms with Crippen LogP contribution in [0.3, 0.4) is 0 Å². The van der Waals surface area contributed by atoms with E-state index in [1.807, 2.05) is 13.0 Å². The predicted molar refractivity (Wildman–Crippen MR) is 48.8 cm³/mol. The molecule has 0 aliphatic carbocycles. The molecule has 0 aromatic heterocycles. The molecule has 0 heterocycles. The molecule has 1 N–H and O–H groups in total. The van der Waals surface area contributed by atoms with Crippen LogP contribution in [0, 0.1) is 0 Å². The highest BCUT2D eigenvalue weighted by atomic mass is 16.5. The molecular formula is C9H19NO. The molecule has 0 amide bonds. The van der Waals surface area contributed by atoms with Crippen LogP contribution in [0.2, 0.25) is 0 Å². The first-order valence-electron chi connectivity index (χ1n) is 4.08. The van der Waals surface area contributed by atoms with Crippen molar-refractivity contribution in [3.05, 3.63) is 12.7 Å². The number of hydrogen-bond acceptors (Lipinski definition) is 2. The van der Waals surface area contributed by atoms with Gasteiger partial charge in [0.05, 0.1) is 5.60 Å². The maximum Gasteiger partial charge on any atom is 0.0951 e. The van der Waals surface area contributed by atoms with Crippen molar-refractivity contribution in [3.8, 4) is 0 Å². The van der Waals surface area contributed by atoms with Gasteiger partial charge in [-0.25, -0.2) is 0 Å². The summed E-state index contributed by atoms with van der Waals surface area (Å²) in [7, 11) is 1.70. The second-order valence-corrected chi connectivity index (χ2v) is 2.90. The Bertz CT molecular complexity index is 114. The van der Waals surface area contributed by atoms with Gasteiger partial charge in [-0.3, -0.25) is 0 Å². The van der Waals surface area contributed by atoms with E-state index < -0.39 is 0 Å². The van der Waals surface area contributed by atoms with Gasteiger partial charge in [0.1, 0.15) is 0 Å². The minimum Gasteiger partial charge on any atom is -0.373 e. The summed E-state index contributed by atoms with van der Waals surface area (Å²) in [6, 6.07) is 0. The Labute approximate surface area is 69.6 Å². The minimum absolute atomic E-state index is 0.213. The van der Waals surface area contributed by atoms with Crippen molar-refractivity contribution in [1.29, 1.82) is 0 Å². The lowest BCUT2D eigenvalue weighted by molar-refractivity contribution is 0.0493. The summed E-state index contributed by atoms with van der Waals surface area (Å²) in [5, 5.41) is 3.28. The standard InChI is InChI=1S/C9H19NO/c1-5-7-10-8-9(3,6-2)11-4/h6,10H,2,5,7-8H2,1,3-4H3. The van der Waals surface area contributed by atoms with E-state index in [2.05, 4.69) is 18.8 Å². The monoisotopic (exact) mass is 157 g/mol. The average Bonchev–Trinajstić information content (AvgIpc) is 2.05. The normalized spacial score (nSPS) is 15.9. The minimum atomic E-state index is -0.213. The van der Waals surface area contributed by atoms with Crippen molar-refractivity contribution in [2.24, 2.45) is 0 Å². The average molecular weight is 157 g/mol. The molecule has 0 rings (SSSR count). The summed E-state index contributed by atoms with van der Waals surface area (Å²) in [6.45, 7) is 9.75. The van der Waals surface area contributed by atoms with Crippen molar-refractivity contribution in [1.82, 2.24) is 5.32 Å². The van der Waals surface area contributed by atoms with Crippen LogP contribution >= 0.6 is 0 Å². The van der Waals surface area contributed by atoms with Crippen LogP contribution in [-0.2, 0) is 4.74 Å². The summed E-state index contributed by atoms with van der Waals surface area (Å²) in [4.78, 5) is 0. The molecular weight excluding hydrogens is 138 g/mol. The zero-order valence-corrected chi connectivity index (χ0v) is 7.81. The molecule has 0 aromatic rings. The van der Waals surface area contributed by atoms with Gasteiger partial charge < -0.3 is 10.1 Å². The third-order valence-corrected chi connectivity index (χ3v) is 1.80. The van der Waals surface area contributed by atoms with Gasteiger partial charge >= 0.3 is 0 Å². The van der Waals surface area contributed by atoms with E-state index in [0.717, 1.165) is 19.5 Å².